The molecule has 0 saturated carbocycles. The van der Waals surface area contributed by atoms with Crippen molar-refractivity contribution in [1.29, 1.82) is 0 Å². The fourth-order valence-electron chi connectivity index (χ4n) is 3.08. The lowest BCUT2D eigenvalue weighted by molar-refractivity contribution is -0.120. The van der Waals surface area contributed by atoms with Gasteiger partial charge in [-0.05, 0) is 58.6 Å². The Bertz CT molecular complexity index is 969. The average Bonchev–Trinajstić information content (AvgIpc) is 2.94. The zero-order valence-electron chi connectivity index (χ0n) is 17.1. The van der Waals surface area contributed by atoms with E-state index in [2.05, 4.69) is 60.3 Å². The first kappa shape index (κ1) is 20.8. The number of aryl methyl sites for hydroxylation is 4. The molecule has 0 radical (unpaired) electrons. The van der Waals surface area contributed by atoms with Crippen molar-refractivity contribution in [1.82, 2.24) is 15.3 Å². The first-order valence-electron chi connectivity index (χ1n) is 9.60. The van der Waals surface area contributed by atoms with Crippen LogP contribution in [0.15, 0.2) is 35.4 Å². The normalized spacial score (nSPS) is 13.5. The summed E-state index contributed by atoms with van der Waals surface area (Å²) >= 11 is 3.22. The number of aromatic nitrogens is 2. The van der Waals surface area contributed by atoms with Gasteiger partial charge in [-0.15, -0.1) is 11.3 Å². The molecule has 1 amide bonds. The van der Waals surface area contributed by atoms with Crippen LogP contribution in [0.25, 0.3) is 10.2 Å². The molecular weight excluding hydrogens is 386 g/mol. The Labute approximate surface area is 175 Å². The van der Waals surface area contributed by atoms with E-state index in [-0.39, 0.29) is 17.2 Å². The van der Waals surface area contributed by atoms with Crippen LogP contribution in [0.3, 0.4) is 0 Å². The molecule has 2 aromatic heterocycles. The van der Waals surface area contributed by atoms with Gasteiger partial charge in [-0.2, -0.15) is 0 Å². The molecule has 3 rings (SSSR count). The van der Waals surface area contributed by atoms with E-state index in [0.717, 1.165) is 33.9 Å². The maximum Gasteiger partial charge on any atom is 0.233 e. The van der Waals surface area contributed by atoms with Crippen LogP contribution in [0.4, 0.5) is 0 Å². The Morgan fingerprint density at radius 1 is 1.14 bits per heavy atom. The van der Waals surface area contributed by atoms with Crippen molar-refractivity contribution < 1.29 is 4.79 Å². The number of carbonyl (C=O) groups is 1. The highest BCUT2D eigenvalue weighted by atomic mass is 32.2. The fraction of sp³-hybridized carbons (Fsp3) is 0.409. The number of benzene rings is 1. The number of carbonyl (C=O) groups excluding carboxylic acids is 1. The molecule has 0 saturated heterocycles. The number of hydrogen-bond donors (Lipinski definition) is 1. The first-order valence-corrected chi connectivity index (χ1v) is 11.3. The highest BCUT2D eigenvalue weighted by molar-refractivity contribution is 8.00. The summed E-state index contributed by atoms with van der Waals surface area (Å²) in [7, 11) is 0. The molecule has 0 aliphatic rings. The summed E-state index contributed by atoms with van der Waals surface area (Å²) in [6.45, 7) is 10.1. The second-order valence-electron chi connectivity index (χ2n) is 7.23. The lowest BCUT2D eigenvalue weighted by Gasteiger charge is -2.17. The standard InChI is InChI=1S/C22H27N3OS2/c1-13(11-12-18-9-7-6-8-10-18)23-20(26)16(4)28-22-19-14(2)15(3)27-21(19)24-17(5)25-22/h6-10,13,16H,11-12H2,1-5H3,(H,23,26)/t13-,16+/m0/s1. The van der Waals surface area contributed by atoms with Gasteiger partial charge in [-0.3, -0.25) is 4.79 Å². The number of hydrogen-bond acceptors (Lipinski definition) is 5. The van der Waals surface area contributed by atoms with Gasteiger partial charge in [-0.1, -0.05) is 42.1 Å². The van der Waals surface area contributed by atoms with Crippen LogP contribution in [-0.4, -0.2) is 27.2 Å². The van der Waals surface area contributed by atoms with Gasteiger partial charge in [0.1, 0.15) is 15.7 Å². The van der Waals surface area contributed by atoms with Gasteiger partial charge in [0.05, 0.1) is 5.25 Å². The molecule has 0 aliphatic heterocycles. The van der Waals surface area contributed by atoms with E-state index in [9.17, 15) is 4.79 Å². The minimum atomic E-state index is -0.212. The maximum absolute atomic E-state index is 12.7. The van der Waals surface area contributed by atoms with Crippen LogP contribution in [-0.2, 0) is 11.2 Å². The molecule has 0 spiro atoms. The van der Waals surface area contributed by atoms with E-state index in [1.807, 2.05) is 19.9 Å². The van der Waals surface area contributed by atoms with Crippen molar-refractivity contribution in [2.24, 2.45) is 0 Å². The third-order valence-electron chi connectivity index (χ3n) is 4.86. The number of amides is 1. The average molecular weight is 414 g/mol. The van der Waals surface area contributed by atoms with E-state index in [4.69, 9.17) is 0 Å². The largest absolute Gasteiger partial charge is 0.353 e. The molecule has 0 unspecified atom stereocenters. The number of nitrogens with one attached hydrogen (secondary N) is 1. The maximum atomic E-state index is 12.7. The number of thioether (sulfide) groups is 1. The minimum absolute atomic E-state index is 0.0552. The quantitative estimate of drug-likeness (QED) is 0.425. The topological polar surface area (TPSA) is 54.9 Å². The van der Waals surface area contributed by atoms with Crippen molar-refractivity contribution in [3.63, 3.8) is 0 Å². The smallest absolute Gasteiger partial charge is 0.233 e. The summed E-state index contributed by atoms with van der Waals surface area (Å²) in [6.07, 6.45) is 1.88. The van der Waals surface area contributed by atoms with Crippen molar-refractivity contribution in [2.75, 3.05) is 0 Å². The summed E-state index contributed by atoms with van der Waals surface area (Å²) in [4.78, 5) is 24.2. The van der Waals surface area contributed by atoms with Crippen molar-refractivity contribution in [3.8, 4) is 0 Å². The zero-order chi connectivity index (χ0) is 20.3. The summed E-state index contributed by atoms with van der Waals surface area (Å²) in [5, 5.41) is 4.94. The predicted molar refractivity (Wildman–Crippen MR) is 119 cm³/mol. The van der Waals surface area contributed by atoms with Gasteiger partial charge in [0, 0.05) is 16.3 Å². The molecule has 6 heteroatoms. The van der Waals surface area contributed by atoms with Gasteiger partial charge in [0.2, 0.25) is 5.91 Å². The van der Waals surface area contributed by atoms with E-state index in [1.54, 1.807) is 11.3 Å². The monoisotopic (exact) mass is 413 g/mol. The number of rotatable bonds is 7. The summed E-state index contributed by atoms with van der Waals surface area (Å²) < 4.78 is 0. The van der Waals surface area contributed by atoms with Gasteiger partial charge in [0.15, 0.2) is 0 Å². The highest BCUT2D eigenvalue weighted by Gasteiger charge is 2.21. The Kier molecular flexibility index (Phi) is 6.73. The van der Waals surface area contributed by atoms with Crippen molar-refractivity contribution in [3.05, 3.63) is 52.2 Å². The van der Waals surface area contributed by atoms with Crippen LogP contribution in [0.5, 0.6) is 0 Å². The number of fused-ring (bicyclic) bond motifs is 1. The van der Waals surface area contributed by atoms with Crippen LogP contribution < -0.4 is 5.32 Å². The van der Waals surface area contributed by atoms with E-state index >= 15 is 0 Å². The number of thiophene rings is 1. The Morgan fingerprint density at radius 2 is 1.86 bits per heavy atom. The molecule has 2 atom stereocenters. The van der Waals surface area contributed by atoms with Gasteiger partial charge < -0.3 is 5.32 Å². The van der Waals surface area contributed by atoms with Crippen LogP contribution in [0.1, 0.15) is 42.1 Å². The molecule has 0 bridgehead atoms. The molecule has 0 fully saturated rings. The Hall–Kier alpha value is -1.92. The summed E-state index contributed by atoms with van der Waals surface area (Å²) in [5.41, 5.74) is 2.51. The third kappa shape index (κ3) is 4.92. The number of nitrogens with zero attached hydrogens (tertiary/aromatic N) is 2. The first-order chi connectivity index (χ1) is 13.3. The summed E-state index contributed by atoms with van der Waals surface area (Å²) in [5.74, 6) is 0.805. The SMILES string of the molecule is Cc1nc(S[C@H](C)C(=O)N[C@@H](C)CCc2ccccc2)c2c(C)c(C)sc2n1. The molecule has 1 aromatic carbocycles. The lowest BCUT2D eigenvalue weighted by Crippen LogP contribution is -2.37. The second kappa shape index (κ2) is 9.05. The molecule has 3 aromatic rings. The molecule has 2 heterocycles. The van der Waals surface area contributed by atoms with Crippen LogP contribution >= 0.6 is 23.1 Å². The van der Waals surface area contributed by atoms with Crippen LogP contribution in [0.2, 0.25) is 0 Å². The minimum Gasteiger partial charge on any atom is -0.353 e. The van der Waals surface area contributed by atoms with Gasteiger partial charge in [0.25, 0.3) is 0 Å². The molecular formula is C22H27N3OS2. The Morgan fingerprint density at radius 3 is 2.57 bits per heavy atom. The van der Waals surface area contributed by atoms with Gasteiger partial charge in [-0.25, -0.2) is 9.97 Å². The second-order valence-corrected chi connectivity index (χ2v) is 9.77. The zero-order valence-corrected chi connectivity index (χ0v) is 18.7. The lowest BCUT2D eigenvalue weighted by atomic mass is 10.1. The molecule has 0 aliphatic carbocycles. The van der Waals surface area contributed by atoms with E-state index in [0.29, 0.717) is 0 Å². The summed E-state index contributed by atoms with van der Waals surface area (Å²) in [6, 6.07) is 10.5. The van der Waals surface area contributed by atoms with Crippen molar-refractivity contribution in [2.45, 2.75) is 63.8 Å². The fourth-order valence-corrected chi connectivity index (χ4v) is 5.28. The van der Waals surface area contributed by atoms with E-state index < -0.39 is 0 Å². The molecule has 4 nitrogen and oxygen atoms in total. The van der Waals surface area contributed by atoms with Crippen LogP contribution in [0, 0.1) is 20.8 Å². The predicted octanol–water partition coefficient (Wildman–Crippen LogP) is 5.23. The molecule has 148 valence electrons. The Balaban J connectivity index is 1.63. The highest BCUT2D eigenvalue weighted by Crippen LogP contribution is 2.36. The van der Waals surface area contributed by atoms with Gasteiger partial charge >= 0.3 is 0 Å². The van der Waals surface area contributed by atoms with Crippen molar-refractivity contribution >= 4 is 39.2 Å². The van der Waals surface area contributed by atoms with E-state index in [1.165, 1.54) is 27.8 Å². The molecule has 28 heavy (non-hydrogen) atoms. The molecule has 1 N–H and O–H groups in total. The third-order valence-corrected chi connectivity index (χ3v) is 7.05.